The summed E-state index contributed by atoms with van der Waals surface area (Å²) in [7, 11) is 0. The molecule has 0 aromatic heterocycles. The van der Waals surface area contributed by atoms with Gasteiger partial charge < -0.3 is 19.9 Å². The van der Waals surface area contributed by atoms with E-state index < -0.39 is 17.2 Å². The van der Waals surface area contributed by atoms with E-state index in [0.717, 1.165) is 11.3 Å². The Morgan fingerprint density at radius 2 is 1.83 bits per heavy atom. The predicted octanol–water partition coefficient (Wildman–Crippen LogP) is 2.66. The maximum atomic E-state index is 12.0. The standard InChI is InChI=1S/C18H29NO4/c1-13(2)22-15-10-8-7-9-14(15)11-19-12-18(6,21)16(20)23-17(3,4)5/h7-10,13,19,21H,11-12H2,1-6H3. The molecular weight excluding hydrogens is 294 g/mol. The van der Waals surface area contributed by atoms with Crippen molar-refractivity contribution in [3.63, 3.8) is 0 Å². The second-order valence-corrected chi connectivity index (χ2v) is 7.15. The third-order valence-corrected chi connectivity index (χ3v) is 2.96. The maximum absolute atomic E-state index is 12.0. The van der Waals surface area contributed by atoms with Gasteiger partial charge in [0.15, 0.2) is 5.60 Å². The number of carbonyl (C=O) groups is 1. The van der Waals surface area contributed by atoms with E-state index in [0.29, 0.717) is 6.54 Å². The predicted molar refractivity (Wildman–Crippen MR) is 90.4 cm³/mol. The zero-order chi connectivity index (χ0) is 17.7. The zero-order valence-electron chi connectivity index (χ0n) is 15.0. The van der Waals surface area contributed by atoms with E-state index in [1.165, 1.54) is 6.92 Å². The topological polar surface area (TPSA) is 67.8 Å². The Balaban J connectivity index is 2.61. The lowest BCUT2D eigenvalue weighted by Crippen LogP contribution is -2.48. The average molecular weight is 323 g/mol. The van der Waals surface area contributed by atoms with Gasteiger partial charge in [-0.3, -0.25) is 0 Å². The molecule has 0 aliphatic heterocycles. The second-order valence-electron chi connectivity index (χ2n) is 7.15. The highest BCUT2D eigenvalue weighted by atomic mass is 16.6. The van der Waals surface area contributed by atoms with Crippen LogP contribution in [0.2, 0.25) is 0 Å². The minimum absolute atomic E-state index is 0.0843. The van der Waals surface area contributed by atoms with Crippen LogP contribution < -0.4 is 10.1 Å². The first-order valence-corrected chi connectivity index (χ1v) is 7.92. The Kier molecular flexibility index (Phi) is 6.59. The van der Waals surface area contributed by atoms with Crippen molar-refractivity contribution in [1.29, 1.82) is 0 Å². The van der Waals surface area contributed by atoms with Crippen LogP contribution in [-0.4, -0.2) is 34.9 Å². The maximum Gasteiger partial charge on any atom is 0.339 e. The van der Waals surface area contributed by atoms with E-state index >= 15 is 0 Å². The Hall–Kier alpha value is -1.59. The smallest absolute Gasteiger partial charge is 0.339 e. The number of nitrogens with one attached hydrogen (secondary N) is 1. The molecular formula is C18H29NO4. The number of hydrogen-bond acceptors (Lipinski definition) is 5. The normalized spacial score (nSPS) is 14.4. The third-order valence-electron chi connectivity index (χ3n) is 2.96. The first-order valence-electron chi connectivity index (χ1n) is 7.92. The van der Waals surface area contributed by atoms with Gasteiger partial charge in [0.05, 0.1) is 6.10 Å². The fourth-order valence-electron chi connectivity index (χ4n) is 1.92. The number of hydrogen-bond donors (Lipinski definition) is 2. The van der Waals surface area contributed by atoms with Gasteiger partial charge in [-0.25, -0.2) is 4.79 Å². The minimum atomic E-state index is -1.58. The van der Waals surface area contributed by atoms with Crippen LogP contribution in [-0.2, 0) is 16.1 Å². The number of ether oxygens (including phenoxy) is 2. The van der Waals surface area contributed by atoms with Crippen LogP contribution in [0.5, 0.6) is 5.75 Å². The van der Waals surface area contributed by atoms with Gasteiger partial charge in [-0.1, -0.05) is 18.2 Å². The Morgan fingerprint density at radius 3 is 2.39 bits per heavy atom. The highest BCUT2D eigenvalue weighted by Crippen LogP contribution is 2.19. The average Bonchev–Trinajstić information content (AvgIpc) is 2.38. The summed E-state index contributed by atoms with van der Waals surface area (Å²) in [6, 6.07) is 7.70. The molecule has 1 rings (SSSR count). The van der Waals surface area contributed by atoms with Crippen molar-refractivity contribution in [2.24, 2.45) is 0 Å². The monoisotopic (exact) mass is 323 g/mol. The van der Waals surface area contributed by atoms with Crippen molar-refractivity contribution in [2.75, 3.05) is 6.54 Å². The fraction of sp³-hybridized carbons (Fsp3) is 0.611. The van der Waals surface area contributed by atoms with Crippen molar-refractivity contribution >= 4 is 5.97 Å². The highest BCUT2D eigenvalue weighted by molar-refractivity contribution is 5.79. The summed E-state index contributed by atoms with van der Waals surface area (Å²) < 4.78 is 11.0. The number of aliphatic hydroxyl groups is 1. The van der Waals surface area contributed by atoms with Crippen LogP contribution in [0.4, 0.5) is 0 Å². The molecule has 5 nitrogen and oxygen atoms in total. The van der Waals surface area contributed by atoms with Gasteiger partial charge in [0.1, 0.15) is 11.4 Å². The molecule has 2 N–H and O–H groups in total. The fourth-order valence-corrected chi connectivity index (χ4v) is 1.92. The van der Waals surface area contributed by atoms with E-state index in [2.05, 4.69) is 5.32 Å². The summed E-state index contributed by atoms with van der Waals surface area (Å²) >= 11 is 0. The first kappa shape index (κ1) is 19.5. The van der Waals surface area contributed by atoms with Crippen molar-refractivity contribution in [3.8, 4) is 5.75 Å². The molecule has 130 valence electrons. The van der Waals surface area contributed by atoms with Crippen LogP contribution in [0.3, 0.4) is 0 Å². The Bertz CT molecular complexity index is 518. The van der Waals surface area contributed by atoms with Crippen LogP contribution in [0.25, 0.3) is 0 Å². The molecule has 0 bridgehead atoms. The van der Waals surface area contributed by atoms with E-state index in [9.17, 15) is 9.90 Å². The molecule has 0 spiro atoms. The second kappa shape index (κ2) is 7.79. The number of esters is 1. The summed E-state index contributed by atoms with van der Waals surface area (Å²) in [5.74, 6) is 0.163. The molecule has 0 heterocycles. The van der Waals surface area contributed by atoms with E-state index in [1.807, 2.05) is 38.1 Å². The zero-order valence-corrected chi connectivity index (χ0v) is 15.0. The molecule has 0 saturated heterocycles. The largest absolute Gasteiger partial charge is 0.491 e. The molecule has 0 amide bonds. The van der Waals surface area contributed by atoms with Gasteiger partial charge in [-0.2, -0.15) is 0 Å². The highest BCUT2D eigenvalue weighted by Gasteiger charge is 2.34. The lowest BCUT2D eigenvalue weighted by Gasteiger charge is -2.27. The number of para-hydroxylation sites is 1. The van der Waals surface area contributed by atoms with Gasteiger partial charge in [-0.15, -0.1) is 0 Å². The number of benzene rings is 1. The quantitative estimate of drug-likeness (QED) is 0.755. The number of carbonyl (C=O) groups excluding carboxylic acids is 1. The summed E-state index contributed by atoms with van der Waals surface area (Å²) in [4.78, 5) is 12.0. The molecule has 1 unspecified atom stereocenters. The Labute approximate surface area is 139 Å². The number of rotatable bonds is 7. The molecule has 5 heteroatoms. The van der Waals surface area contributed by atoms with E-state index in [4.69, 9.17) is 9.47 Å². The summed E-state index contributed by atoms with van der Waals surface area (Å²) in [5.41, 5.74) is -1.24. The van der Waals surface area contributed by atoms with Crippen LogP contribution in [0.1, 0.15) is 47.1 Å². The molecule has 0 saturated carbocycles. The molecule has 1 aromatic carbocycles. The lowest BCUT2D eigenvalue weighted by molar-refractivity contribution is -0.174. The molecule has 1 aromatic rings. The lowest BCUT2D eigenvalue weighted by atomic mass is 10.1. The Morgan fingerprint density at radius 1 is 1.22 bits per heavy atom. The van der Waals surface area contributed by atoms with Crippen LogP contribution >= 0.6 is 0 Å². The van der Waals surface area contributed by atoms with Crippen molar-refractivity contribution in [2.45, 2.75) is 65.4 Å². The van der Waals surface area contributed by atoms with Crippen molar-refractivity contribution in [1.82, 2.24) is 5.32 Å². The molecule has 23 heavy (non-hydrogen) atoms. The summed E-state index contributed by atoms with van der Waals surface area (Å²) in [6.45, 7) is 11.3. The van der Waals surface area contributed by atoms with Gasteiger partial charge in [-0.05, 0) is 47.6 Å². The van der Waals surface area contributed by atoms with Crippen molar-refractivity contribution in [3.05, 3.63) is 29.8 Å². The summed E-state index contributed by atoms with van der Waals surface area (Å²) in [6.07, 6.45) is 0.0843. The summed E-state index contributed by atoms with van der Waals surface area (Å²) in [5, 5.41) is 13.4. The van der Waals surface area contributed by atoms with E-state index in [-0.39, 0.29) is 12.6 Å². The molecule has 1 atom stereocenters. The van der Waals surface area contributed by atoms with E-state index in [1.54, 1.807) is 20.8 Å². The molecule has 0 fully saturated rings. The van der Waals surface area contributed by atoms with Crippen LogP contribution in [0, 0.1) is 0 Å². The molecule has 0 aliphatic carbocycles. The molecule has 0 aliphatic rings. The SMILES string of the molecule is CC(C)Oc1ccccc1CNCC(C)(O)C(=O)OC(C)(C)C. The van der Waals surface area contributed by atoms with Crippen LogP contribution in [0.15, 0.2) is 24.3 Å². The van der Waals surface area contributed by atoms with Gasteiger partial charge in [0.2, 0.25) is 0 Å². The van der Waals surface area contributed by atoms with Crippen molar-refractivity contribution < 1.29 is 19.4 Å². The van der Waals surface area contributed by atoms with Gasteiger partial charge in [0.25, 0.3) is 0 Å². The molecule has 0 radical (unpaired) electrons. The van der Waals surface area contributed by atoms with Gasteiger partial charge in [0, 0.05) is 18.7 Å². The van der Waals surface area contributed by atoms with Gasteiger partial charge >= 0.3 is 5.97 Å². The minimum Gasteiger partial charge on any atom is -0.491 e. The third kappa shape index (κ3) is 7.01. The first-order chi connectivity index (χ1) is 10.5.